The van der Waals surface area contributed by atoms with Gasteiger partial charge in [-0.05, 0) is 42.3 Å². The number of anilines is 1. The quantitative estimate of drug-likeness (QED) is 0.666. The molecule has 3 rings (SSSR count). The van der Waals surface area contributed by atoms with Crippen LogP contribution >= 0.6 is 27.7 Å². The van der Waals surface area contributed by atoms with Gasteiger partial charge < -0.3 is 10.6 Å². The molecule has 2 atom stereocenters. The van der Waals surface area contributed by atoms with E-state index in [0.717, 1.165) is 27.4 Å². The third kappa shape index (κ3) is 4.73. The van der Waals surface area contributed by atoms with E-state index in [1.807, 2.05) is 49.4 Å². The first-order valence-corrected chi connectivity index (χ1v) is 10.8. The molecule has 2 aromatic rings. The first kappa shape index (κ1) is 21.6. The van der Waals surface area contributed by atoms with E-state index in [0.29, 0.717) is 10.7 Å². The van der Waals surface area contributed by atoms with Crippen LogP contribution in [-0.2, 0) is 9.59 Å². The lowest BCUT2D eigenvalue weighted by Crippen LogP contribution is -2.39. The number of halogens is 1. The maximum atomic E-state index is 12.6. The number of allylic oxidation sites excluding steroid dienone is 1. The van der Waals surface area contributed by atoms with Crippen LogP contribution in [0.25, 0.3) is 0 Å². The molecule has 0 spiro atoms. The van der Waals surface area contributed by atoms with Crippen LogP contribution in [0.4, 0.5) is 5.69 Å². The number of hydrogen-bond donors (Lipinski definition) is 2. The van der Waals surface area contributed by atoms with E-state index in [1.165, 1.54) is 0 Å². The Bertz CT molecular complexity index is 1100. The van der Waals surface area contributed by atoms with Gasteiger partial charge in [-0.1, -0.05) is 52.0 Å². The summed E-state index contributed by atoms with van der Waals surface area (Å²) in [4.78, 5) is 24.9. The maximum Gasteiger partial charge on any atom is 0.243 e. The summed E-state index contributed by atoms with van der Waals surface area (Å²) >= 11 is 4.41. The Labute approximate surface area is 187 Å². The number of aryl methyl sites for hydroxylation is 1. The largest absolute Gasteiger partial charge is 0.325 e. The van der Waals surface area contributed by atoms with E-state index in [-0.39, 0.29) is 17.2 Å². The molecule has 0 bridgehead atoms. The maximum absolute atomic E-state index is 12.6. The fraction of sp³-hybridized carbons (Fsp3) is 0.182. The Hall–Kier alpha value is -3.07. The zero-order valence-corrected chi connectivity index (χ0v) is 18.4. The molecular formula is C22H17BrN4O2S. The number of benzene rings is 2. The molecule has 0 radical (unpaired) electrons. The van der Waals surface area contributed by atoms with Gasteiger partial charge >= 0.3 is 0 Å². The highest BCUT2D eigenvalue weighted by Gasteiger charge is 2.40. The second-order valence-electron chi connectivity index (χ2n) is 6.63. The van der Waals surface area contributed by atoms with Crippen molar-refractivity contribution >= 4 is 45.2 Å². The summed E-state index contributed by atoms with van der Waals surface area (Å²) in [5, 5.41) is 25.1. The van der Waals surface area contributed by atoms with Crippen molar-refractivity contribution in [1.29, 1.82) is 10.5 Å². The summed E-state index contributed by atoms with van der Waals surface area (Å²) in [7, 11) is 0. The van der Waals surface area contributed by atoms with Crippen molar-refractivity contribution in [3.63, 3.8) is 0 Å². The van der Waals surface area contributed by atoms with E-state index in [2.05, 4.69) is 32.6 Å². The summed E-state index contributed by atoms with van der Waals surface area (Å²) in [6, 6.07) is 18.7. The van der Waals surface area contributed by atoms with Crippen molar-refractivity contribution in [2.24, 2.45) is 5.92 Å². The number of hydrogen-bond acceptors (Lipinski definition) is 5. The number of carbonyl (C=O) groups is 2. The Balaban J connectivity index is 1.85. The van der Waals surface area contributed by atoms with Gasteiger partial charge in [0.15, 0.2) is 0 Å². The minimum atomic E-state index is -1.01. The highest BCUT2D eigenvalue weighted by molar-refractivity contribution is 9.10. The first-order chi connectivity index (χ1) is 14.4. The van der Waals surface area contributed by atoms with E-state index in [9.17, 15) is 20.1 Å². The molecule has 2 amide bonds. The lowest BCUT2D eigenvalue weighted by atomic mass is 9.78. The minimum absolute atomic E-state index is 0.00850. The minimum Gasteiger partial charge on any atom is -0.325 e. The summed E-state index contributed by atoms with van der Waals surface area (Å²) in [6.45, 7) is 1.88. The van der Waals surface area contributed by atoms with Crippen molar-refractivity contribution in [2.45, 2.75) is 12.8 Å². The lowest BCUT2D eigenvalue weighted by molar-refractivity contribution is -0.123. The van der Waals surface area contributed by atoms with Crippen molar-refractivity contribution in [2.75, 3.05) is 11.1 Å². The highest BCUT2D eigenvalue weighted by Crippen LogP contribution is 2.40. The number of carbonyl (C=O) groups excluding carboxylic acids is 2. The van der Waals surface area contributed by atoms with E-state index >= 15 is 0 Å². The summed E-state index contributed by atoms with van der Waals surface area (Å²) in [5.74, 6) is -2.42. The second-order valence-corrected chi connectivity index (χ2v) is 8.53. The third-order valence-electron chi connectivity index (χ3n) is 4.67. The first-order valence-electron chi connectivity index (χ1n) is 9.03. The molecule has 1 aliphatic rings. The van der Waals surface area contributed by atoms with Gasteiger partial charge in [-0.3, -0.25) is 9.59 Å². The van der Waals surface area contributed by atoms with Crippen LogP contribution in [0.3, 0.4) is 0 Å². The molecule has 0 aromatic heterocycles. The number of amides is 2. The molecule has 8 heteroatoms. The van der Waals surface area contributed by atoms with Crippen molar-refractivity contribution in [3.05, 3.63) is 74.7 Å². The van der Waals surface area contributed by atoms with Gasteiger partial charge in [0.2, 0.25) is 11.8 Å². The number of nitrogens with one attached hydrogen (secondary N) is 2. The molecule has 2 N–H and O–H groups in total. The third-order valence-corrected chi connectivity index (χ3v) is 6.21. The predicted octanol–water partition coefficient (Wildman–Crippen LogP) is 4.22. The van der Waals surface area contributed by atoms with Crippen LogP contribution in [0.1, 0.15) is 17.0 Å². The summed E-state index contributed by atoms with van der Waals surface area (Å²) in [5.41, 5.74) is 2.58. The molecule has 6 nitrogen and oxygen atoms in total. The predicted molar refractivity (Wildman–Crippen MR) is 119 cm³/mol. The van der Waals surface area contributed by atoms with E-state index in [4.69, 9.17) is 0 Å². The van der Waals surface area contributed by atoms with Gasteiger partial charge in [0, 0.05) is 16.1 Å². The Morgan fingerprint density at radius 2 is 1.90 bits per heavy atom. The van der Waals surface area contributed by atoms with E-state index in [1.54, 1.807) is 12.1 Å². The average molecular weight is 481 g/mol. The molecule has 0 aliphatic carbocycles. The fourth-order valence-electron chi connectivity index (χ4n) is 3.22. The summed E-state index contributed by atoms with van der Waals surface area (Å²) in [6.07, 6.45) is 0. The van der Waals surface area contributed by atoms with E-state index < -0.39 is 17.7 Å². The molecule has 0 saturated carbocycles. The molecule has 1 aliphatic heterocycles. The van der Waals surface area contributed by atoms with Gasteiger partial charge in [-0.2, -0.15) is 10.5 Å². The molecule has 30 heavy (non-hydrogen) atoms. The number of rotatable bonds is 5. The number of nitrogens with zero attached hydrogens (tertiary/aromatic N) is 2. The topological polar surface area (TPSA) is 106 Å². The van der Waals surface area contributed by atoms with Gasteiger partial charge in [0.05, 0.1) is 28.5 Å². The van der Waals surface area contributed by atoms with Crippen molar-refractivity contribution < 1.29 is 9.59 Å². The van der Waals surface area contributed by atoms with Gasteiger partial charge in [0.1, 0.15) is 5.92 Å². The molecule has 0 unspecified atom stereocenters. The van der Waals surface area contributed by atoms with Crippen LogP contribution in [0.2, 0.25) is 0 Å². The van der Waals surface area contributed by atoms with Gasteiger partial charge in [-0.15, -0.1) is 0 Å². The van der Waals surface area contributed by atoms with Crippen molar-refractivity contribution in [3.8, 4) is 12.1 Å². The monoisotopic (exact) mass is 480 g/mol. The Morgan fingerprint density at radius 3 is 2.53 bits per heavy atom. The number of thioether (sulfide) groups is 1. The lowest BCUT2D eigenvalue weighted by Gasteiger charge is -2.29. The zero-order valence-electron chi connectivity index (χ0n) is 16.0. The smallest absolute Gasteiger partial charge is 0.243 e. The molecule has 0 saturated heterocycles. The Morgan fingerprint density at radius 1 is 1.20 bits per heavy atom. The SMILES string of the molecule is Cc1ccccc1[C@@H]1C(C#N)=C(SCC(=O)Nc2ccc(Br)cc2)NC(=O)[C@@H]1C#N. The average Bonchev–Trinajstić information content (AvgIpc) is 2.74. The van der Waals surface area contributed by atoms with Gasteiger partial charge in [0.25, 0.3) is 0 Å². The van der Waals surface area contributed by atoms with Crippen LogP contribution in [0.15, 0.2) is 63.6 Å². The highest BCUT2D eigenvalue weighted by atomic mass is 79.9. The standard InChI is InChI=1S/C22H17BrN4O2S/c1-13-4-2-3-5-16(13)20-17(10-24)21(29)27-22(18(20)11-25)30-12-19(28)26-15-8-6-14(23)7-9-15/h2-9,17,20H,12H2,1H3,(H,26,28)(H,27,29)/t17-,20+/m1/s1. The summed E-state index contributed by atoms with van der Waals surface area (Å²) < 4.78 is 0.901. The normalized spacial score (nSPS) is 18.2. The molecule has 0 fully saturated rings. The molecule has 1 heterocycles. The fourth-order valence-corrected chi connectivity index (χ4v) is 4.34. The molecule has 2 aromatic carbocycles. The Kier molecular flexibility index (Phi) is 6.94. The molecular weight excluding hydrogens is 464 g/mol. The second kappa shape index (κ2) is 9.62. The number of nitriles is 2. The van der Waals surface area contributed by atoms with Crippen LogP contribution < -0.4 is 10.6 Å². The van der Waals surface area contributed by atoms with Crippen molar-refractivity contribution in [1.82, 2.24) is 5.32 Å². The van der Waals surface area contributed by atoms with Gasteiger partial charge in [-0.25, -0.2) is 0 Å². The van der Waals surface area contributed by atoms with Crippen LogP contribution in [-0.4, -0.2) is 17.6 Å². The van der Waals surface area contributed by atoms with Crippen LogP contribution in [0, 0.1) is 35.5 Å². The van der Waals surface area contributed by atoms with Crippen LogP contribution in [0.5, 0.6) is 0 Å². The molecule has 150 valence electrons. The zero-order chi connectivity index (χ0) is 21.7.